The number of aliphatic carboxylic acids is 1. The van der Waals surface area contributed by atoms with Crippen molar-refractivity contribution >= 4 is 26.2 Å². The van der Waals surface area contributed by atoms with Gasteiger partial charge < -0.3 is 38.9 Å². The van der Waals surface area contributed by atoms with Crippen LogP contribution in [0.2, 0.25) is 18.1 Å². The third-order valence-electron chi connectivity index (χ3n) is 11.2. The Hall–Kier alpha value is -3.21. The molecular formula is C47H77NO10Si. The van der Waals surface area contributed by atoms with Crippen LogP contribution in [0.4, 0.5) is 0 Å². The second-order valence-electron chi connectivity index (χ2n) is 18.4. The number of benzene rings is 1. The van der Waals surface area contributed by atoms with Gasteiger partial charge in [-0.25, -0.2) is 9.59 Å². The number of esters is 1. The van der Waals surface area contributed by atoms with Crippen LogP contribution < -0.4 is 10.1 Å². The smallest absolute Gasteiger partial charge is 0.339 e. The maximum Gasteiger partial charge on any atom is 0.339 e. The molecule has 0 aliphatic carbocycles. The van der Waals surface area contributed by atoms with Crippen LogP contribution in [0.3, 0.4) is 0 Å². The Bertz CT molecular complexity index is 1510. The lowest BCUT2D eigenvalue weighted by Crippen LogP contribution is -2.56. The fourth-order valence-electron chi connectivity index (χ4n) is 6.65. The number of allylic oxidation sites excluding steroid dienone is 1. The molecule has 1 amide bonds. The van der Waals surface area contributed by atoms with Crippen LogP contribution in [0.5, 0.6) is 5.75 Å². The van der Waals surface area contributed by atoms with E-state index in [0.29, 0.717) is 30.9 Å². The standard InChI is InChI=1S/C47H77NO10Si/c1-11-13-15-19-22-29-46(55-34-35-56-46)30-23-20-17-16-18-21-24-39(47(53,43(52)58-44(3,4)5)31-33-57-59(9,10)45(6,7)8)41(49)48-40(42(50)51)36-37-25-27-38(28-26-37)54-32-14-12-2/h21,24-28,39-40,53H,11,13,15-20,22-23,29-36H2,1-10H3,(H,48,49)(H,50,51)/b24-21+/t39-,40+,47?/m1/s1. The van der Waals surface area contributed by atoms with E-state index in [0.717, 1.165) is 44.9 Å². The number of carbonyl (C=O) groups is 3. The van der Waals surface area contributed by atoms with Crippen molar-refractivity contribution in [3.63, 3.8) is 0 Å². The first-order valence-corrected chi connectivity index (χ1v) is 24.8. The van der Waals surface area contributed by atoms with Gasteiger partial charge in [-0.2, -0.15) is 0 Å². The fourth-order valence-corrected chi connectivity index (χ4v) is 7.70. The second kappa shape index (κ2) is 24.9. The summed E-state index contributed by atoms with van der Waals surface area (Å²) < 4.78 is 29.9. The Morgan fingerprint density at radius 1 is 0.932 bits per heavy atom. The van der Waals surface area contributed by atoms with Crippen molar-refractivity contribution in [3.05, 3.63) is 42.0 Å². The number of amides is 1. The van der Waals surface area contributed by atoms with Gasteiger partial charge in [-0.05, 0) is 89.2 Å². The molecule has 12 heteroatoms. The van der Waals surface area contributed by atoms with Gasteiger partial charge in [-0.15, -0.1) is 5.92 Å². The average molecular weight is 844 g/mol. The molecule has 1 unspecified atom stereocenters. The van der Waals surface area contributed by atoms with E-state index in [1.807, 2.05) is 0 Å². The summed E-state index contributed by atoms with van der Waals surface area (Å²) in [6.45, 7) is 20.9. The third-order valence-corrected chi connectivity index (χ3v) is 15.8. The fraction of sp³-hybridized carbons (Fsp3) is 0.723. The lowest BCUT2D eigenvalue weighted by molar-refractivity contribution is -0.185. The molecule has 1 aromatic carbocycles. The summed E-state index contributed by atoms with van der Waals surface area (Å²) in [5.41, 5.74) is -2.68. The van der Waals surface area contributed by atoms with E-state index >= 15 is 0 Å². The molecule has 0 spiro atoms. The first-order valence-electron chi connectivity index (χ1n) is 21.9. The van der Waals surface area contributed by atoms with E-state index in [1.54, 1.807) is 58.0 Å². The van der Waals surface area contributed by atoms with Crippen molar-refractivity contribution in [3.8, 4) is 17.6 Å². The summed E-state index contributed by atoms with van der Waals surface area (Å²) in [4.78, 5) is 40.8. The van der Waals surface area contributed by atoms with Gasteiger partial charge in [0.1, 0.15) is 24.0 Å². The molecule has 2 rings (SSSR count). The highest BCUT2D eigenvalue weighted by Crippen LogP contribution is 2.38. The van der Waals surface area contributed by atoms with E-state index < -0.39 is 55.1 Å². The molecule has 1 fully saturated rings. The van der Waals surface area contributed by atoms with Gasteiger partial charge in [0, 0.05) is 32.3 Å². The third kappa shape index (κ3) is 18.5. The molecule has 59 heavy (non-hydrogen) atoms. The van der Waals surface area contributed by atoms with Crippen molar-refractivity contribution in [2.45, 2.75) is 186 Å². The summed E-state index contributed by atoms with van der Waals surface area (Å²) in [7, 11) is -2.31. The zero-order valence-corrected chi connectivity index (χ0v) is 39.0. The summed E-state index contributed by atoms with van der Waals surface area (Å²) in [5.74, 6) is 1.21. The van der Waals surface area contributed by atoms with E-state index in [4.69, 9.17) is 23.4 Å². The number of carbonyl (C=O) groups excluding carboxylic acids is 2. The van der Waals surface area contributed by atoms with Crippen molar-refractivity contribution in [2.24, 2.45) is 5.92 Å². The van der Waals surface area contributed by atoms with Crippen molar-refractivity contribution in [2.75, 3.05) is 26.4 Å². The van der Waals surface area contributed by atoms with Gasteiger partial charge in [0.15, 0.2) is 19.7 Å². The number of hydrogen-bond donors (Lipinski definition) is 3. The van der Waals surface area contributed by atoms with Gasteiger partial charge in [-0.3, -0.25) is 4.79 Å². The molecule has 0 radical (unpaired) electrons. The van der Waals surface area contributed by atoms with Crippen LogP contribution in [-0.4, -0.2) is 85.8 Å². The van der Waals surface area contributed by atoms with Crippen LogP contribution in [-0.2, 0) is 39.4 Å². The molecule has 1 aromatic rings. The monoisotopic (exact) mass is 844 g/mol. The number of nitrogens with one attached hydrogen (secondary N) is 1. The molecule has 1 heterocycles. The Balaban J connectivity index is 2.28. The maximum absolute atomic E-state index is 14.3. The number of rotatable bonds is 27. The predicted octanol–water partition coefficient (Wildman–Crippen LogP) is 9.30. The molecule has 0 aromatic heterocycles. The molecule has 334 valence electrons. The van der Waals surface area contributed by atoms with Gasteiger partial charge in [0.2, 0.25) is 5.91 Å². The second-order valence-corrected chi connectivity index (χ2v) is 23.2. The molecule has 0 bridgehead atoms. The highest BCUT2D eigenvalue weighted by molar-refractivity contribution is 6.74. The van der Waals surface area contributed by atoms with E-state index in [9.17, 15) is 24.6 Å². The normalized spacial score (nSPS) is 16.5. The molecule has 1 aliphatic rings. The van der Waals surface area contributed by atoms with Crippen LogP contribution in [0.1, 0.15) is 144 Å². The highest BCUT2D eigenvalue weighted by atomic mass is 28.4. The van der Waals surface area contributed by atoms with Crippen LogP contribution in [0, 0.1) is 17.8 Å². The Kier molecular flexibility index (Phi) is 21.9. The van der Waals surface area contributed by atoms with Crippen molar-refractivity contribution < 1.29 is 48.0 Å². The Labute approximate surface area is 356 Å². The number of carboxylic acids is 1. The number of carboxylic acid groups (broad SMARTS) is 1. The van der Waals surface area contributed by atoms with E-state index in [1.165, 1.54) is 31.8 Å². The average Bonchev–Trinajstić information content (AvgIpc) is 3.61. The minimum atomic E-state index is -2.36. The summed E-state index contributed by atoms with van der Waals surface area (Å²) >= 11 is 0. The molecule has 1 aliphatic heterocycles. The Morgan fingerprint density at radius 2 is 1.53 bits per heavy atom. The van der Waals surface area contributed by atoms with Crippen molar-refractivity contribution in [1.29, 1.82) is 0 Å². The van der Waals surface area contributed by atoms with Crippen LogP contribution >= 0.6 is 0 Å². The number of hydrogen-bond acceptors (Lipinski definition) is 9. The zero-order valence-electron chi connectivity index (χ0n) is 38.0. The van der Waals surface area contributed by atoms with Gasteiger partial charge in [0.25, 0.3) is 0 Å². The number of unbranched alkanes of at least 4 members (excludes halogenated alkanes) is 8. The lowest BCUT2D eigenvalue weighted by Gasteiger charge is -2.38. The summed E-state index contributed by atoms with van der Waals surface area (Å²) in [5, 5.41) is 25.1. The van der Waals surface area contributed by atoms with Crippen LogP contribution in [0.15, 0.2) is 36.4 Å². The molecule has 3 N–H and O–H groups in total. The minimum Gasteiger partial charge on any atom is -0.481 e. The van der Waals surface area contributed by atoms with Gasteiger partial charge >= 0.3 is 11.9 Å². The Morgan fingerprint density at radius 3 is 2.07 bits per heavy atom. The zero-order chi connectivity index (χ0) is 44.2. The topological polar surface area (TPSA) is 150 Å². The molecule has 11 nitrogen and oxygen atoms in total. The molecular weight excluding hydrogens is 767 g/mol. The first-order chi connectivity index (χ1) is 27.7. The number of aliphatic hydroxyl groups is 1. The lowest BCUT2D eigenvalue weighted by atomic mass is 9.82. The number of ether oxygens (including phenoxy) is 4. The largest absolute Gasteiger partial charge is 0.481 e. The highest BCUT2D eigenvalue weighted by Gasteiger charge is 2.50. The van der Waals surface area contributed by atoms with E-state index in [-0.39, 0.29) is 31.1 Å². The van der Waals surface area contributed by atoms with Gasteiger partial charge in [0.05, 0.1) is 19.1 Å². The summed E-state index contributed by atoms with van der Waals surface area (Å²) in [6.07, 6.45) is 15.1. The summed E-state index contributed by atoms with van der Waals surface area (Å²) in [6, 6.07) is 5.53. The molecule has 0 saturated carbocycles. The molecule has 1 saturated heterocycles. The van der Waals surface area contributed by atoms with E-state index in [2.05, 4.69) is 57.9 Å². The molecule has 3 atom stereocenters. The van der Waals surface area contributed by atoms with Crippen LogP contribution in [0.25, 0.3) is 0 Å². The maximum atomic E-state index is 14.3. The predicted molar refractivity (Wildman–Crippen MR) is 236 cm³/mol. The minimum absolute atomic E-state index is 0.00185. The SMILES string of the molecule is CC#CCOc1ccc(C[C@H](NC(=O)[C@@H](/C=C/CCCCCCC2(CCCCCCC)OCCO2)C(O)(CCO[Si](C)(C)C(C)(C)C)C(=O)OC(C)(C)C)C(=O)O)cc1. The van der Waals surface area contributed by atoms with Gasteiger partial charge in [-0.1, -0.05) is 96.4 Å². The first kappa shape index (κ1) is 51.9. The quantitative estimate of drug-likeness (QED) is 0.0257. The van der Waals surface area contributed by atoms with Crippen molar-refractivity contribution in [1.82, 2.24) is 5.32 Å².